The van der Waals surface area contributed by atoms with Crippen molar-refractivity contribution >= 4 is 34.8 Å². The molecule has 0 aliphatic carbocycles. The Bertz CT molecular complexity index is 2080. The Morgan fingerprint density at radius 3 is 2.54 bits per heavy atom. The highest BCUT2D eigenvalue weighted by Gasteiger charge is 2.39. The fourth-order valence-electron chi connectivity index (χ4n) is 6.09. The lowest BCUT2D eigenvalue weighted by atomic mass is 9.90. The van der Waals surface area contributed by atoms with Gasteiger partial charge < -0.3 is 26.0 Å². The van der Waals surface area contributed by atoms with Crippen molar-refractivity contribution in [3.63, 3.8) is 0 Å². The number of anilines is 2. The first-order valence-corrected chi connectivity index (χ1v) is 16.0. The molecule has 3 aromatic carbocycles. The number of rotatable bonds is 10. The molecule has 1 aliphatic rings. The molecule has 50 heavy (non-hydrogen) atoms. The third-order valence-electron chi connectivity index (χ3n) is 8.51. The van der Waals surface area contributed by atoms with Crippen LogP contribution in [0.25, 0.3) is 11.3 Å². The molecule has 1 atom stereocenters. The molecule has 0 fully saturated rings. The molecule has 2 amide bonds. The Balaban J connectivity index is 1.35. The summed E-state index contributed by atoms with van der Waals surface area (Å²) >= 11 is 6.24. The minimum absolute atomic E-state index is 0.0267. The number of hydrogen-bond acceptors (Lipinski definition) is 5. The summed E-state index contributed by atoms with van der Waals surface area (Å²) in [6.07, 6.45) is 0.783. The van der Waals surface area contributed by atoms with Gasteiger partial charge in [0, 0.05) is 48.3 Å². The second-order valence-electron chi connectivity index (χ2n) is 12.8. The molecule has 0 spiro atoms. The van der Waals surface area contributed by atoms with Crippen molar-refractivity contribution in [2.75, 3.05) is 11.9 Å². The number of para-hydroxylation sites is 1. The molecule has 8 nitrogen and oxygen atoms in total. The number of carbonyl (C=O) groups is 2. The zero-order valence-corrected chi connectivity index (χ0v) is 27.6. The molecule has 3 heterocycles. The first-order chi connectivity index (χ1) is 23.7. The van der Waals surface area contributed by atoms with Gasteiger partial charge in [0.25, 0.3) is 17.7 Å². The molecule has 0 bridgehead atoms. The highest BCUT2D eigenvalue weighted by Crippen LogP contribution is 2.43. The van der Waals surface area contributed by atoms with Crippen LogP contribution in [0.2, 0.25) is 5.02 Å². The van der Waals surface area contributed by atoms with Gasteiger partial charge in [-0.1, -0.05) is 41.9 Å². The van der Waals surface area contributed by atoms with Gasteiger partial charge in [0.1, 0.15) is 23.1 Å². The Morgan fingerprint density at radius 2 is 1.80 bits per heavy atom. The average molecular weight is 706 g/mol. The number of alkyl halides is 2. The van der Waals surface area contributed by atoms with Crippen molar-refractivity contribution in [1.29, 1.82) is 0 Å². The third-order valence-corrected chi connectivity index (χ3v) is 8.90. The van der Waals surface area contributed by atoms with Crippen molar-refractivity contribution in [3.8, 4) is 17.0 Å². The predicted octanol–water partition coefficient (Wildman–Crippen LogP) is 8.22. The second kappa shape index (κ2) is 13.5. The van der Waals surface area contributed by atoms with E-state index in [9.17, 15) is 23.5 Å². The predicted molar refractivity (Wildman–Crippen MR) is 182 cm³/mol. The van der Waals surface area contributed by atoms with Crippen molar-refractivity contribution in [2.24, 2.45) is 0 Å². The lowest BCUT2D eigenvalue weighted by Crippen LogP contribution is -2.49. The molecule has 0 saturated heterocycles. The Hall–Kier alpha value is -5.36. The minimum atomic E-state index is -3.57. The van der Waals surface area contributed by atoms with Crippen LogP contribution in [0.1, 0.15) is 63.9 Å². The van der Waals surface area contributed by atoms with Gasteiger partial charge in [-0.2, -0.15) is 8.78 Å². The molecule has 258 valence electrons. The lowest BCUT2D eigenvalue weighted by molar-refractivity contribution is -0.0245. The number of phenols is 1. The maximum atomic E-state index is 16.3. The first-order valence-electron chi connectivity index (χ1n) is 15.7. The number of benzene rings is 3. The number of nitrogens with zero attached hydrogens (tertiary/aromatic N) is 1. The SMILES string of the molecule is CC1(C)Cc2[nH]c(-c3ccnc(C(F)(F)CC(CNC(=O)c4ccccc4O)c4ccc(F)cc4)c3)c(Nc3cccc(F)c3Cl)c2C(=O)N1. The summed E-state index contributed by atoms with van der Waals surface area (Å²) < 4.78 is 60.7. The number of fused-ring (bicyclic) bond motifs is 1. The van der Waals surface area contributed by atoms with Crippen LogP contribution in [-0.2, 0) is 12.3 Å². The van der Waals surface area contributed by atoms with Gasteiger partial charge in [-0.15, -0.1) is 0 Å². The number of hydrogen-bond donors (Lipinski definition) is 5. The van der Waals surface area contributed by atoms with Gasteiger partial charge in [0.2, 0.25) is 0 Å². The van der Waals surface area contributed by atoms with E-state index < -0.39 is 52.9 Å². The van der Waals surface area contributed by atoms with Crippen molar-refractivity contribution in [1.82, 2.24) is 20.6 Å². The third kappa shape index (κ3) is 7.16. The fraction of sp³-hybridized carbons (Fsp3) is 0.216. The molecule has 2 aromatic heterocycles. The summed E-state index contributed by atoms with van der Waals surface area (Å²) in [5, 5.41) is 18.5. The van der Waals surface area contributed by atoms with Crippen molar-refractivity contribution in [3.05, 3.63) is 130 Å². The van der Waals surface area contributed by atoms with E-state index in [4.69, 9.17) is 11.6 Å². The van der Waals surface area contributed by atoms with E-state index in [0.29, 0.717) is 17.7 Å². The molecular weight excluding hydrogens is 674 g/mol. The molecule has 0 radical (unpaired) electrons. The zero-order chi connectivity index (χ0) is 35.8. The summed E-state index contributed by atoms with van der Waals surface area (Å²) in [7, 11) is 0. The first kappa shape index (κ1) is 34.5. The molecule has 5 aromatic rings. The van der Waals surface area contributed by atoms with Crippen LogP contribution in [0, 0.1) is 11.6 Å². The minimum Gasteiger partial charge on any atom is -0.507 e. The highest BCUT2D eigenvalue weighted by atomic mass is 35.5. The average Bonchev–Trinajstić information content (AvgIpc) is 3.42. The molecule has 1 unspecified atom stereocenters. The molecule has 13 heteroatoms. The number of carbonyl (C=O) groups excluding carboxylic acids is 2. The van der Waals surface area contributed by atoms with Gasteiger partial charge >= 0.3 is 0 Å². The van der Waals surface area contributed by atoms with E-state index >= 15 is 8.78 Å². The molecular formula is C37H32ClF4N5O3. The number of aromatic hydroxyl groups is 1. The Labute approximate surface area is 289 Å². The highest BCUT2D eigenvalue weighted by molar-refractivity contribution is 6.33. The van der Waals surface area contributed by atoms with Crippen LogP contribution >= 0.6 is 11.6 Å². The number of nitrogens with one attached hydrogen (secondary N) is 4. The second-order valence-corrected chi connectivity index (χ2v) is 13.2. The number of halogens is 5. The van der Waals surface area contributed by atoms with Gasteiger partial charge in [-0.3, -0.25) is 14.6 Å². The fourth-order valence-corrected chi connectivity index (χ4v) is 6.26. The van der Waals surface area contributed by atoms with Crippen LogP contribution in [0.15, 0.2) is 85.1 Å². The lowest BCUT2D eigenvalue weighted by Gasteiger charge is -2.30. The smallest absolute Gasteiger partial charge is 0.290 e. The van der Waals surface area contributed by atoms with E-state index in [1.807, 2.05) is 13.8 Å². The molecule has 5 N–H and O–H groups in total. The van der Waals surface area contributed by atoms with E-state index in [1.54, 1.807) is 12.1 Å². The zero-order valence-electron chi connectivity index (χ0n) is 26.9. The molecule has 6 rings (SSSR count). The number of amides is 2. The van der Waals surface area contributed by atoms with Crippen molar-refractivity contribution < 1.29 is 32.3 Å². The molecule has 0 saturated carbocycles. The van der Waals surface area contributed by atoms with E-state index in [0.717, 1.165) is 12.1 Å². The maximum absolute atomic E-state index is 16.3. The quantitative estimate of drug-likeness (QED) is 0.0939. The molecule has 1 aliphatic heterocycles. The van der Waals surface area contributed by atoms with Crippen molar-refractivity contribution in [2.45, 2.75) is 44.1 Å². The normalized spacial score (nSPS) is 14.4. The number of H-pyrrole nitrogens is 1. The summed E-state index contributed by atoms with van der Waals surface area (Å²) in [5.74, 6) is -7.16. The van der Waals surface area contributed by atoms with Gasteiger partial charge in [-0.25, -0.2) is 8.78 Å². The largest absolute Gasteiger partial charge is 0.507 e. The Morgan fingerprint density at radius 1 is 1.06 bits per heavy atom. The number of aromatic nitrogens is 2. The van der Waals surface area contributed by atoms with Gasteiger partial charge in [-0.05, 0) is 67.9 Å². The summed E-state index contributed by atoms with van der Waals surface area (Å²) in [5.41, 5.74) is 0.833. The number of pyridine rings is 1. The van der Waals surface area contributed by atoms with Crippen LogP contribution in [0.5, 0.6) is 5.75 Å². The number of phenolic OH excluding ortho intramolecular Hbond substituents is 1. The topological polar surface area (TPSA) is 119 Å². The standard InChI is InChI=1S/C37H32ClF4N5O3/c1-36(2)18-27-30(35(50)47-36)33(45-26-8-5-7-25(40)31(26)38)32(46-27)21-14-15-43-29(16-21)37(41,42)17-22(20-10-12-23(39)13-11-20)19-44-34(49)24-6-3-4-9-28(24)48/h3-16,22,45-46,48H,17-19H2,1-2H3,(H,44,49)(H,47,50). The van der Waals surface area contributed by atoms with Crippen LogP contribution < -0.4 is 16.0 Å². The van der Waals surface area contributed by atoms with E-state index in [-0.39, 0.29) is 51.1 Å². The van der Waals surface area contributed by atoms with Crippen LogP contribution in [0.4, 0.5) is 28.9 Å². The van der Waals surface area contributed by atoms with E-state index in [1.165, 1.54) is 60.8 Å². The van der Waals surface area contributed by atoms with Gasteiger partial charge in [0.05, 0.1) is 33.2 Å². The monoisotopic (exact) mass is 705 g/mol. The number of aromatic amines is 1. The summed E-state index contributed by atoms with van der Waals surface area (Å²) in [6, 6.07) is 17.7. The maximum Gasteiger partial charge on any atom is 0.290 e. The van der Waals surface area contributed by atoms with Gasteiger partial charge in [0.15, 0.2) is 0 Å². The van der Waals surface area contributed by atoms with Crippen LogP contribution in [-0.4, -0.2) is 39.0 Å². The summed E-state index contributed by atoms with van der Waals surface area (Å²) in [6.45, 7) is 3.43. The van der Waals surface area contributed by atoms with E-state index in [2.05, 4.69) is 25.9 Å². The van der Waals surface area contributed by atoms with Crippen LogP contribution in [0.3, 0.4) is 0 Å². The summed E-state index contributed by atoms with van der Waals surface area (Å²) in [4.78, 5) is 33.4. The Kier molecular flexibility index (Phi) is 9.32.